The van der Waals surface area contributed by atoms with E-state index < -0.39 is 11.0 Å². The summed E-state index contributed by atoms with van der Waals surface area (Å²) in [6.07, 6.45) is 1.67. The van der Waals surface area contributed by atoms with E-state index in [1.165, 1.54) is 39.4 Å². The molecule has 0 saturated carbocycles. The van der Waals surface area contributed by atoms with E-state index in [1.807, 2.05) is 31.2 Å². The number of amides is 1. The van der Waals surface area contributed by atoms with Gasteiger partial charge in [-0.25, -0.2) is 9.78 Å². The Morgan fingerprint density at radius 3 is 2.62 bits per heavy atom. The molecule has 2 aromatic rings. The first kappa shape index (κ1) is 20.1. The second-order valence-electron chi connectivity index (χ2n) is 5.38. The van der Waals surface area contributed by atoms with Gasteiger partial charge in [0.15, 0.2) is 0 Å². The summed E-state index contributed by atoms with van der Waals surface area (Å²) in [5.41, 5.74) is 1.85. The average Bonchev–Trinajstić information content (AvgIpc) is 2.65. The van der Waals surface area contributed by atoms with Crippen molar-refractivity contribution in [3.63, 3.8) is 0 Å². The Hall–Kier alpha value is -2.26. The van der Waals surface area contributed by atoms with Crippen molar-refractivity contribution in [2.45, 2.75) is 30.5 Å². The molecule has 0 spiro atoms. The Morgan fingerprint density at radius 2 is 2.04 bits per heavy atom. The highest BCUT2D eigenvalue weighted by Crippen LogP contribution is 2.33. The van der Waals surface area contributed by atoms with E-state index in [1.54, 1.807) is 6.07 Å². The van der Waals surface area contributed by atoms with Crippen molar-refractivity contribution in [3.8, 4) is 0 Å². The Balaban J connectivity index is 1.70. The molecular formula is C17H19N3O4S2. The summed E-state index contributed by atoms with van der Waals surface area (Å²) in [5.74, 6) is 0. The molecule has 0 aliphatic carbocycles. The summed E-state index contributed by atoms with van der Waals surface area (Å²) in [6, 6.07) is 10.6. The maximum atomic E-state index is 11.8. The van der Waals surface area contributed by atoms with Crippen LogP contribution in [0.25, 0.3) is 0 Å². The Labute approximate surface area is 159 Å². The van der Waals surface area contributed by atoms with Crippen LogP contribution >= 0.6 is 21.6 Å². The normalized spacial score (nSPS) is 11.6. The predicted octanol–water partition coefficient (Wildman–Crippen LogP) is 4.93. The van der Waals surface area contributed by atoms with E-state index in [-0.39, 0.29) is 17.5 Å². The molecule has 138 valence electrons. The first-order valence-corrected chi connectivity index (χ1v) is 10.2. The van der Waals surface area contributed by atoms with Crippen molar-refractivity contribution in [3.05, 3.63) is 58.3 Å². The van der Waals surface area contributed by atoms with Gasteiger partial charge in [-0.15, -0.1) is 0 Å². The molecule has 1 aromatic heterocycles. The van der Waals surface area contributed by atoms with Crippen molar-refractivity contribution in [2.75, 3.05) is 11.9 Å². The molecule has 0 radical (unpaired) electrons. The summed E-state index contributed by atoms with van der Waals surface area (Å²) in [7, 11) is 2.86. The molecule has 9 heteroatoms. The van der Waals surface area contributed by atoms with E-state index in [9.17, 15) is 14.9 Å². The molecule has 1 amide bonds. The minimum Gasteiger partial charge on any atom is -0.448 e. The van der Waals surface area contributed by atoms with E-state index in [2.05, 4.69) is 17.2 Å². The molecule has 1 unspecified atom stereocenters. The highest BCUT2D eigenvalue weighted by atomic mass is 33.1. The summed E-state index contributed by atoms with van der Waals surface area (Å²) in [6.45, 7) is 4.23. The zero-order chi connectivity index (χ0) is 18.9. The molecule has 1 N–H and O–H groups in total. The third-order valence-corrected chi connectivity index (χ3v) is 6.05. The van der Waals surface area contributed by atoms with Crippen molar-refractivity contribution < 1.29 is 14.5 Å². The molecule has 1 aromatic carbocycles. The number of carbonyl (C=O) groups excluding carboxylic acids is 1. The molecule has 26 heavy (non-hydrogen) atoms. The molecule has 0 aliphatic heterocycles. The van der Waals surface area contributed by atoms with Crippen molar-refractivity contribution in [2.24, 2.45) is 0 Å². The summed E-state index contributed by atoms with van der Waals surface area (Å²) >= 11 is 0. The Morgan fingerprint density at radius 1 is 1.31 bits per heavy atom. The van der Waals surface area contributed by atoms with Gasteiger partial charge in [0.05, 0.1) is 4.92 Å². The molecular weight excluding hydrogens is 374 g/mol. The summed E-state index contributed by atoms with van der Waals surface area (Å²) in [4.78, 5) is 25.9. The number of nitrogens with one attached hydrogen (secondary N) is 1. The smallest absolute Gasteiger partial charge is 0.411 e. The number of aromatic nitrogens is 1. The van der Waals surface area contributed by atoms with Crippen molar-refractivity contribution in [1.82, 2.24) is 4.98 Å². The monoisotopic (exact) mass is 393 g/mol. The van der Waals surface area contributed by atoms with Gasteiger partial charge in [0.25, 0.3) is 5.69 Å². The second-order valence-corrected chi connectivity index (χ2v) is 8.04. The zero-order valence-electron chi connectivity index (χ0n) is 14.4. The zero-order valence-corrected chi connectivity index (χ0v) is 16.0. The van der Waals surface area contributed by atoms with Crippen LogP contribution in [0.1, 0.15) is 19.4 Å². The van der Waals surface area contributed by atoms with Crippen LogP contribution in [0.15, 0.2) is 47.6 Å². The van der Waals surface area contributed by atoms with Crippen LogP contribution in [-0.4, -0.2) is 27.9 Å². The fourth-order valence-corrected chi connectivity index (χ4v) is 3.72. The maximum Gasteiger partial charge on any atom is 0.411 e. The number of rotatable bonds is 8. The highest BCUT2D eigenvalue weighted by molar-refractivity contribution is 8.76. The van der Waals surface area contributed by atoms with Crippen LogP contribution < -0.4 is 5.32 Å². The molecule has 0 saturated heterocycles. The van der Waals surface area contributed by atoms with Gasteiger partial charge in [0.2, 0.25) is 0 Å². The lowest BCUT2D eigenvalue weighted by Gasteiger charge is -2.12. The van der Waals surface area contributed by atoms with E-state index in [4.69, 9.17) is 4.74 Å². The number of nitro groups is 1. The molecule has 0 bridgehead atoms. The first-order valence-electron chi connectivity index (χ1n) is 7.94. The van der Waals surface area contributed by atoms with Gasteiger partial charge in [-0.2, -0.15) is 0 Å². The fourth-order valence-electron chi connectivity index (χ4n) is 1.86. The SMILES string of the molecule is CCc1ccc(NC(=O)OCC(C)SSc2ccc([N+](=O)[O-])cn2)cc1. The quantitative estimate of drug-likeness (QED) is 0.386. The lowest BCUT2D eigenvalue weighted by molar-refractivity contribution is -0.385. The van der Waals surface area contributed by atoms with Crippen LogP contribution in [0.5, 0.6) is 0 Å². The van der Waals surface area contributed by atoms with Gasteiger partial charge in [0, 0.05) is 17.0 Å². The number of hydrogen-bond acceptors (Lipinski definition) is 7. The van der Waals surface area contributed by atoms with Gasteiger partial charge < -0.3 is 4.74 Å². The van der Waals surface area contributed by atoms with Crippen LogP contribution in [0.3, 0.4) is 0 Å². The van der Waals surface area contributed by atoms with Crippen LogP contribution in [0.4, 0.5) is 16.2 Å². The number of anilines is 1. The summed E-state index contributed by atoms with van der Waals surface area (Å²) in [5, 5.41) is 14.0. The standard InChI is InChI=1S/C17H19N3O4S2/c1-3-13-4-6-14(7-5-13)19-17(21)24-11-12(2)25-26-16-9-8-15(10-18-16)20(22)23/h4-10,12H,3,11H2,1-2H3,(H,19,21). The van der Waals surface area contributed by atoms with E-state index in [0.717, 1.165) is 6.42 Å². The summed E-state index contributed by atoms with van der Waals surface area (Å²) < 4.78 is 5.21. The number of aryl methyl sites for hydroxylation is 1. The average molecular weight is 393 g/mol. The van der Waals surface area contributed by atoms with Crippen LogP contribution in [-0.2, 0) is 11.2 Å². The second kappa shape index (κ2) is 10.0. The molecule has 7 nitrogen and oxygen atoms in total. The number of pyridine rings is 1. The molecule has 0 aliphatic rings. The predicted molar refractivity (Wildman–Crippen MR) is 105 cm³/mol. The van der Waals surface area contributed by atoms with Gasteiger partial charge >= 0.3 is 6.09 Å². The van der Waals surface area contributed by atoms with Gasteiger partial charge in [-0.05, 0) is 47.9 Å². The van der Waals surface area contributed by atoms with Crippen molar-refractivity contribution in [1.29, 1.82) is 0 Å². The minimum absolute atomic E-state index is 0.0326. The number of nitrogens with zero attached hydrogens (tertiary/aromatic N) is 2. The third kappa shape index (κ3) is 6.57. The van der Waals surface area contributed by atoms with E-state index in [0.29, 0.717) is 10.7 Å². The maximum absolute atomic E-state index is 11.8. The van der Waals surface area contributed by atoms with Gasteiger partial charge in [0.1, 0.15) is 17.8 Å². The van der Waals surface area contributed by atoms with Crippen molar-refractivity contribution >= 4 is 39.1 Å². The lowest BCUT2D eigenvalue weighted by atomic mass is 10.1. The fraction of sp³-hybridized carbons (Fsp3) is 0.294. The number of ether oxygens (including phenoxy) is 1. The molecule has 2 rings (SSSR count). The number of benzene rings is 1. The number of carbonyl (C=O) groups is 1. The largest absolute Gasteiger partial charge is 0.448 e. The van der Waals surface area contributed by atoms with Gasteiger partial charge in [-0.3, -0.25) is 15.4 Å². The molecule has 1 heterocycles. The lowest BCUT2D eigenvalue weighted by Crippen LogP contribution is -2.18. The van der Waals surface area contributed by atoms with E-state index >= 15 is 0 Å². The third-order valence-electron chi connectivity index (χ3n) is 3.29. The first-order chi connectivity index (χ1) is 12.5. The topological polar surface area (TPSA) is 94.4 Å². The Bertz CT molecular complexity index is 739. The van der Waals surface area contributed by atoms with Crippen LogP contribution in [0.2, 0.25) is 0 Å². The number of hydrogen-bond donors (Lipinski definition) is 1. The highest BCUT2D eigenvalue weighted by Gasteiger charge is 2.11. The Kier molecular flexibility index (Phi) is 7.73. The minimum atomic E-state index is -0.500. The molecule has 0 fully saturated rings. The molecule has 1 atom stereocenters. The van der Waals surface area contributed by atoms with Crippen LogP contribution in [0, 0.1) is 10.1 Å². The van der Waals surface area contributed by atoms with Gasteiger partial charge in [-0.1, -0.05) is 29.9 Å².